The molecule has 3 aliphatic rings. The van der Waals surface area contributed by atoms with Crippen LogP contribution in [0.15, 0.2) is 18.2 Å². The SMILES string of the molecule is CC(=O)CC[C@H]1CN(c2ccc(N3CCN4CCCN4CC3)c(F)c2)C(=O)O1. The third kappa shape index (κ3) is 3.98. The zero-order valence-corrected chi connectivity index (χ0v) is 16.3. The summed E-state index contributed by atoms with van der Waals surface area (Å²) in [6.45, 7) is 7.39. The van der Waals surface area contributed by atoms with E-state index >= 15 is 0 Å². The second kappa shape index (κ2) is 8.05. The van der Waals surface area contributed by atoms with Gasteiger partial charge in [0.05, 0.1) is 17.9 Å². The molecule has 7 nitrogen and oxygen atoms in total. The Hall–Kier alpha value is -2.19. The van der Waals surface area contributed by atoms with Crippen molar-refractivity contribution in [1.29, 1.82) is 0 Å². The fraction of sp³-hybridized carbons (Fsp3) is 0.600. The van der Waals surface area contributed by atoms with Crippen molar-refractivity contribution in [3.8, 4) is 0 Å². The summed E-state index contributed by atoms with van der Waals surface area (Å²) in [5.41, 5.74) is 1.07. The number of ketones is 1. The number of hydrazine groups is 1. The van der Waals surface area contributed by atoms with E-state index in [1.165, 1.54) is 24.3 Å². The van der Waals surface area contributed by atoms with E-state index in [9.17, 15) is 14.0 Å². The average molecular weight is 390 g/mol. The van der Waals surface area contributed by atoms with E-state index in [1.54, 1.807) is 12.1 Å². The highest BCUT2D eigenvalue weighted by Gasteiger charge is 2.33. The molecule has 1 aromatic carbocycles. The van der Waals surface area contributed by atoms with Crippen LogP contribution >= 0.6 is 0 Å². The van der Waals surface area contributed by atoms with Crippen LogP contribution in [-0.2, 0) is 9.53 Å². The molecular weight excluding hydrogens is 363 g/mol. The third-order valence-electron chi connectivity index (χ3n) is 5.76. The predicted octanol–water partition coefficient (Wildman–Crippen LogP) is 2.26. The van der Waals surface area contributed by atoms with Crippen molar-refractivity contribution >= 4 is 23.3 Å². The number of benzene rings is 1. The quantitative estimate of drug-likeness (QED) is 0.769. The zero-order chi connectivity index (χ0) is 19.7. The molecule has 0 spiro atoms. The number of nitrogens with zero attached hydrogens (tertiary/aromatic N) is 4. The van der Waals surface area contributed by atoms with E-state index in [4.69, 9.17) is 4.74 Å². The van der Waals surface area contributed by atoms with Crippen LogP contribution in [0.5, 0.6) is 0 Å². The van der Waals surface area contributed by atoms with Crippen LogP contribution < -0.4 is 9.80 Å². The van der Waals surface area contributed by atoms with E-state index in [1.807, 2.05) is 0 Å². The molecule has 28 heavy (non-hydrogen) atoms. The van der Waals surface area contributed by atoms with E-state index in [0.717, 1.165) is 39.3 Å². The molecule has 4 rings (SSSR count). The Balaban J connectivity index is 1.43. The summed E-state index contributed by atoms with van der Waals surface area (Å²) < 4.78 is 20.2. The van der Waals surface area contributed by atoms with Gasteiger partial charge in [0.2, 0.25) is 0 Å². The van der Waals surface area contributed by atoms with Gasteiger partial charge in [-0.15, -0.1) is 0 Å². The number of ether oxygens (including phenoxy) is 1. The maximum atomic E-state index is 14.9. The maximum Gasteiger partial charge on any atom is 0.414 e. The molecule has 0 aromatic heterocycles. The topological polar surface area (TPSA) is 56.3 Å². The smallest absolute Gasteiger partial charge is 0.414 e. The van der Waals surface area contributed by atoms with E-state index in [2.05, 4.69) is 14.9 Å². The summed E-state index contributed by atoms with van der Waals surface area (Å²) in [7, 11) is 0. The molecule has 3 saturated heterocycles. The minimum Gasteiger partial charge on any atom is -0.444 e. The Morgan fingerprint density at radius 1 is 1.14 bits per heavy atom. The first-order valence-electron chi connectivity index (χ1n) is 10.0. The van der Waals surface area contributed by atoms with Gasteiger partial charge in [0.1, 0.15) is 17.7 Å². The van der Waals surface area contributed by atoms with Crippen LogP contribution in [0.1, 0.15) is 26.2 Å². The summed E-state index contributed by atoms with van der Waals surface area (Å²) in [5.74, 6) is -0.256. The van der Waals surface area contributed by atoms with Crippen LogP contribution in [0.4, 0.5) is 20.6 Å². The molecule has 3 fully saturated rings. The van der Waals surface area contributed by atoms with Gasteiger partial charge in [-0.3, -0.25) is 4.90 Å². The van der Waals surface area contributed by atoms with Crippen LogP contribution in [0, 0.1) is 5.82 Å². The number of carbonyl (C=O) groups is 2. The number of hydrogen-bond donors (Lipinski definition) is 0. The Morgan fingerprint density at radius 3 is 2.50 bits per heavy atom. The van der Waals surface area contributed by atoms with Gasteiger partial charge in [0.15, 0.2) is 0 Å². The largest absolute Gasteiger partial charge is 0.444 e. The number of anilines is 2. The molecule has 0 unspecified atom stereocenters. The number of amides is 1. The lowest BCUT2D eigenvalue weighted by Crippen LogP contribution is -2.37. The number of halogens is 1. The summed E-state index contributed by atoms with van der Waals surface area (Å²) in [4.78, 5) is 26.8. The molecule has 3 aliphatic heterocycles. The van der Waals surface area contributed by atoms with Gasteiger partial charge in [-0.05, 0) is 38.0 Å². The van der Waals surface area contributed by atoms with Crippen molar-refractivity contribution in [3.63, 3.8) is 0 Å². The van der Waals surface area contributed by atoms with E-state index in [0.29, 0.717) is 30.8 Å². The Morgan fingerprint density at radius 2 is 1.86 bits per heavy atom. The second-order valence-electron chi connectivity index (χ2n) is 7.74. The summed E-state index contributed by atoms with van der Waals surface area (Å²) >= 11 is 0. The highest BCUT2D eigenvalue weighted by atomic mass is 19.1. The molecule has 8 heteroatoms. The zero-order valence-electron chi connectivity index (χ0n) is 16.3. The van der Waals surface area contributed by atoms with Crippen molar-refractivity contribution in [2.75, 3.05) is 55.6 Å². The predicted molar refractivity (Wildman–Crippen MR) is 104 cm³/mol. The lowest BCUT2D eigenvalue weighted by molar-refractivity contribution is -0.117. The summed E-state index contributed by atoms with van der Waals surface area (Å²) in [6.07, 6.45) is 1.26. The minimum absolute atomic E-state index is 0.0686. The molecule has 0 aliphatic carbocycles. The Labute approximate surface area is 164 Å². The molecule has 0 saturated carbocycles. The van der Waals surface area contributed by atoms with Gasteiger partial charge in [0, 0.05) is 45.7 Å². The fourth-order valence-electron chi connectivity index (χ4n) is 4.22. The van der Waals surface area contributed by atoms with Crippen LogP contribution in [0.3, 0.4) is 0 Å². The first kappa shape index (κ1) is 19.1. The van der Waals surface area contributed by atoms with Crippen LogP contribution in [0.25, 0.3) is 0 Å². The molecular formula is C20H27FN4O3. The molecule has 1 aromatic rings. The van der Waals surface area contributed by atoms with Crippen LogP contribution in [-0.4, -0.2) is 73.8 Å². The normalized spacial score (nSPS) is 23.6. The highest BCUT2D eigenvalue weighted by molar-refractivity contribution is 5.90. The molecule has 152 valence electrons. The number of hydrogen-bond acceptors (Lipinski definition) is 6. The van der Waals surface area contributed by atoms with Crippen molar-refractivity contribution in [2.45, 2.75) is 32.3 Å². The van der Waals surface area contributed by atoms with E-state index in [-0.39, 0.29) is 17.7 Å². The van der Waals surface area contributed by atoms with Gasteiger partial charge in [-0.25, -0.2) is 19.2 Å². The number of rotatable bonds is 5. The highest BCUT2D eigenvalue weighted by Crippen LogP contribution is 2.29. The van der Waals surface area contributed by atoms with Crippen molar-refractivity contribution in [1.82, 2.24) is 10.0 Å². The monoisotopic (exact) mass is 390 g/mol. The van der Waals surface area contributed by atoms with Crippen LogP contribution in [0.2, 0.25) is 0 Å². The molecule has 1 amide bonds. The maximum absolute atomic E-state index is 14.9. The lowest BCUT2D eigenvalue weighted by Gasteiger charge is -2.24. The lowest BCUT2D eigenvalue weighted by atomic mass is 10.1. The third-order valence-corrected chi connectivity index (χ3v) is 5.76. The van der Waals surface area contributed by atoms with Gasteiger partial charge in [-0.1, -0.05) is 0 Å². The average Bonchev–Trinajstić information content (AvgIpc) is 3.21. The Kier molecular flexibility index (Phi) is 5.50. The molecule has 1 atom stereocenters. The first-order chi connectivity index (χ1) is 13.5. The summed E-state index contributed by atoms with van der Waals surface area (Å²) in [5, 5.41) is 4.71. The number of cyclic esters (lactones) is 1. The van der Waals surface area contributed by atoms with Crippen molar-refractivity contribution in [3.05, 3.63) is 24.0 Å². The van der Waals surface area contributed by atoms with Crippen molar-refractivity contribution < 1.29 is 18.7 Å². The van der Waals surface area contributed by atoms with Gasteiger partial charge >= 0.3 is 6.09 Å². The first-order valence-corrected chi connectivity index (χ1v) is 10.0. The molecule has 0 N–H and O–H groups in total. The van der Waals surface area contributed by atoms with E-state index < -0.39 is 6.09 Å². The standard InChI is InChI=1S/C20H27FN4O3/c1-15(26)3-5-17-14-25(20(27)28-17)16-4-6-19(18(21)13-16)22-9-11-23-7-2-8-24(23)12-10-22/h4,6,13,17H,2-3,5,7-12,14H2,1H3/t17-/m0/s1. The Bertz CT molecular complexity index is 745. The number of fused-ring (bicyclic) bond motifs is 1. The van der Waals surface area contributed by atoms with Gasteiger partial charge < -0.3 is 14.4 Å². The van der Waals surface area contributed by atoms with Gasteiger partial charge in [-0.2, -0.15) is 0 Å². The van der Waals surface area contributed by atoms with Crippen molar-refractivity contribution in [2.24, 2.45) is 0 Å². The molecule has 0 radical (unpaired) electrons. The second-order valence-corrected chi connectivity index (χ2v) is 7.74. The minimum atomic E-state index is -0.483. The molecule has 3 heterocycles. The molecule has 0 bridgehead atoms. The summed E-state index contributed by atoms with van der Waals surface area (Å²) in [6, 6.07) is 4.95. The van der Waals surface area contributed by atoms with Gasteiger partial charge in [0.25, 0.3) is 0 Å². The fourth-order valence-corrected chi connectivity index (χ4v) is 4.22. The number of carbonyl (C=O) groups excluding carboxylic acids is 2. The number of Topliss-reactive ketones (excluding diaryl/α,β-unsaturated/α-hetero) is 1.